The number of halogens is 11. The van der Waals surface area contributed by atoms with Crippen molar-refractivity contribution in [2.45, 2.75) is 278 Å². The lowest BCUT2D eigenvalue weighted by Gasteiger charge is -2.18. The fourth-order valence-electron chi connectivity index (χ4n) is 8.39. The summed E-state index contributed by atoms with van der Waals surface area (Å²) in [6, 6.07) is 2.72. The van der Waals surface area contributed by atoms with Gasteiger partial charge in [0, 0.05) is 103 Å². The van der Waals surface area contributed by atoms with E-state index in [-0.39, 0.29) is 83.4 Å². The lowest BCUT2D eigenvalue weighted by Crippen LogP contribution is -2.16. The summed E-state index contributed by atoms with van der Waals surface area (Å²) in [7, 11) is 1.68. The number of hydrogen-bond donors (Lipinski definition) is 2. The van der Waals surface area contributed by atoms with Crippen molar-refractivity contribution in [2.75, 3.05) is 13.1 Å². The summed E-state index contributed by atoms with van der Waals surface area (Å²) >= 11 is 1.17. The normalized spacial score (nSPS) is 13.8. The number of hydrogen-bond acceptors (Lipinski definition) is 16. The summed E-state index contributed by atoms with van der Waals surface area (Å²) in [5.41, 5.74) is 6.18. The van der Waals surface area contributed by atoms with Crippen LogP contribution in [0, 0.1) is 64.5 Å². The molecule has 0 unspecified atom stereocenters. The third-order valence-corrected chi connectivity index (χ3v) is 16.1. The first-order valence-electron chi connectivity index (χ1n) is 35.9. The van der Waals surface area contributed by atoms with E-state index in [0.29, 0.717) is 47.9 Å². The van der Waals surface area contributed by atoms with E-state index in [1.165, 1.54) is 59.2 Å². The number of nitrogens with zero attached hydrogens (tertiary/aromatic N) is 12. The maximum absolute atomic E-state index is 12.8. The molecule has 0 spiro atoms. The molecule has 2 N–H and O–H groups in total. The van der Waals surface area contributed by atoms with Crippen LogP contribution < -0.4 is 0 Å². The van der Waals surface area contributed by atoms with E-state index in [9.17, 15) is 48.3 Å². The zero-order chi connectivity index (χ0) is 86.4. The molecule has 11 rings (SSSR count). The third kappa shape index (κ3) is 37.6. The molecule has 0 aliphatic carbocycles. The Morgan fingerprint density at radius 1 is 0.495 bits per heavy atom. The Bertz CT molecular complexity index is 3960. The SMILES string of the molecule is CC(C)(C)C1=CC(F)=NC1.CC(C)(C)C1=CCC(F)=N1.CC(C)(C)C1=CCN=C1F.CC(C)(C)c1cc(F)n[nH]1.CC(C)(C)c1cc(F)no1.CC(C)(C)c1cnc(F)[nH]1.CC(C)(C)c1cnc(F)o1.CC(C)(C)c1coc(F)n1.CC(C)(C)c1conc1F.CC(C)(C)c1csnc1F.Cn1c(C(C)(C)C)cnc1F. The molecule has 11 heterocycles. The molecule has 0 saturated heterocycles. The molecule has 30 heteroatoms. The number of aromatic amines is 2. The summed E-state index contributed by atoms with van der Waals surface area (Å²) in [5.74, 6) is -1.54. The molecule has 0 radical (unpaired) electrons. The largest absolute Gasteiger partial charge is 0.423 e. The van der Waals surface area contributed by atoms with Gasteiger partial charge in [0.2, 0.25) is 23.8 Å². The van der Waals surface area contributed by atoms with Crippen molar-refractivity contribution in [1.82, 2.24) is 54.4 Å². The van der Waals surface area contributed by atoms with E-state index in [2.05, 4.69) is 98.9 Å². The first-order valence-corrected chi connectivity index (χ1v) is 36.7. The van der Waals surface area contributed by atoms with Gasteiger partial charge in [-0.25, -0.2) is 15.0 Å². The molecule has 3 aliphatic rings. The molecule has 0 bridgehead atoms. The van der Waals surface area contributed by atoms with Crippen molar-refractivity contribution in [2.24, 2.45) is 38.3 Å². The van der Waals surface area contributed by atoms with Crippen LogP contribution in [0.2, 0.25) is 0 Å². The molecule has 0 fully saturated rings. The molecule has 0 aromatic carbocycles. The third-order valence-electron chi connectivity index (χ3n) is 15.4. The first kappa shape index (κ1) is 101. The second-order valence-electron chi connectivity index (χ2n) is 37.3. The van der Waals surface area contributed by atoms with Crippen molar-refractivity contribution in [3.63, 3.8) is 0 Å². The maximum Gasteiger partial charge on any atom is 0.381 e. The summed E-state index contributed by atoms with van der Waals surface area (Å²) < 4.78 is 160. The number of imidazole rings is 2. The fourth-order valence-corrected chi connectivity index (χ4v) is 9.19. The van der Waals surface area contributed by atoms with Gasteiger partial charge in [0.25, 0.3) is 24.1 Å². The molecule has 111 heavy (non-hydrogen) atoms. The van der Waals surface area contributed by atoms with Gasteiger partial charge in [-0.1, -0.05) is 241 Å². The monoisotopic (exact) mass is 1590 g/mol. The standard InChI is InChI=1S/C8H13FN2.3C8H12FN.2C7H11FN2.4C7H10FNO.C7H10FNS/c1-8(2,3)6-5-10-7(9)11(6)4;1-8(2,3)6-4-7(9)10-5-6;1-8(2,3)6-4-5-10-7(6)9;1-8(2,3)6-4-5-7(9)10-6;1-7(2,3)5-4-9-6(8)10-5;1-7(2,3)5-4-6(8)10-9-5;1-7(2,3)5-4-10-6(8)9-5;1-7(2,3)5-4-9-6(8)10-5;1-7(2,3)5-4-10-9-6(5)8;1-7(2,3)5-4-6(8)9-10-5;1-7(2,3)5-4-10-9-6(5)8/h5H,1-4H3;3*4H,5H2,1-3H3;2*4H,1-3H3,(H,9,10);5*4H,1-3H3. The van der Waals surface area contributed by atoms with E-state index >= 15 is 0 Å². The van der Waals surface area contributed by atoms with Crippen molar-refractivity contribution < 1.29 is 66.2 Å². The highest BCUT2D eigenvalue weighted by atomic mass is 32.1. The second-order valence-corrected chi connectivity index (χ2v) is 37.9. The van der Waals surface area contributed by atoms with Crippen molar-refractivity contribution in [3.8, 4) is 0 Å². The van der Waals surface area contributed by atoms with E-state index in [1.54, 1.807) is 18.6 Å². The number of H-pyrrole nitrogens is 2. The maximum atomic E-state index is 12.8. The summed E-state index contributed by atoms with van der Waals surface area (Å²) in [6.07, 6.45) is 10.3. The number of aromatic nitrogens is 11. The Labute approximate surface area is 654 Å². The molecule has 18 nitrogen and oxygen atoms in total. The van der Waals surface area contributed by atoms with Crippen molar-refractivity contribution in [1.29, 1.82) is 0 Å². The summed E-state index contributed by atoms with van der Waals surface area (Å²) in [4.78, 5) is 27.5. The van der Waals surface area contributed by atoms with Crippen LogP contribution >= 0.6 is 11.5 Å². The van der Waals surface area contributed by atoms with Gasteiger partial charge < -0.3 is 27.4 Å². The average molecular weight is 1600 g/mol. The van der Waals surface area contributed by atoms with Crippen LogP contribution in [0.1, 0.15) is 280 Å². The van der Waals surface area contributed by atoms with Crippen LogP contribution in [0.25, 0.3) is 0 Å². The minimum absolute atomic E-state index is 0.00611. The van der Waals surface area contributed by atoms with E-state index in [0.717, 1.165) is 33.9 Å². The lowest BCUT2D eigenvalue weighted by atomic mass is 9.87. The van der Waals surface area contributed by atoms with Crippen LogP contribution in [-0.2, 0) is 50.4 Å². The van der Waals surface area contributed by atoms with Crippen LogP contribution in [0.4, 0.5) is 48.3 Å². The summed E-state index contributed by atoms with van der Waals surface area (Å²) in [5, 5.41) is 14.1. The number of oxazole rings is 2. The molecule has 8 aromatic rings. The fraction of sp³-hybridized carbons (Fsp3) is 0.593. The average Bonchev–Trinajstić information content (AvgIpc) is 1.99. The molecular formula is C81H121F11N14O4S. The van der Waals surface area contributed by atoms with Gasteiger partial charge in [-0.15, -0.1) is 13.9 Å². The van der Waals surface area contributed by atoms with E-state index in [4.69, 9.17) is 4.52 Å². The quantitative estimate of drug-likeness (QED) is 0.135. The van der Waals surface area contributed by atoms with Gasteiger partial charge in [0.15, 0.2) is 5.97 Å². The topological polar surface area (TPSA) is 229 Å². The second kappa shape index (κ2) is 40.8. The molecule has 0 atom stereocenters. The Morgan fingerprint density at radius 2 is 1.06 bits per heavy atom. The highest BCUT2D eigenvalue weighted by molar-refractivity contribution is 7.03. The molecule has 8 aromatic heterocycles. The Balaban J connectivity index is 0.000000611. The Morgan fingerprint density at radius 3 is 1.26 bits per heavy atom. The van der Waals surface area contributed by atoms with Crippen molar-refractivity contribution >= 4 is 29.4 Å². The zero-order valence-corrected chi connectivity index (χ0v) is 72.4. The lowest BCUT2D eigenvalue weighted by molar-refractivity contribution is 0.289. The molecule has 3 aliphatic heterocycles. The van der Waals surface area contributed by atoms with E-state index < -0.39 is 42.3 Å². The van der Waals surface area contributed by atoms with Crippen LogP contribution in [0.3, 0.4) is 0 Å². The van der Waals surface area contributed by atoms with Gasteiger partial charge in [0.05, 0.1) is 42.9 Å². The van der Waals surface area contributed by atoms with Gasteiger partial charge >= 0.3 is 12.3 Å². The van der Waals surface area contributed by atoms with Crippen LogP contribution in [-0.4, -0.2) is 85.4 Å². The molecule has 622 valence electrons. The van der Waals surface area contributed by atoms with E-state index in [1.807, 2.05) is 220 Å². The van der Waals surface area contributed by atoms with Crippen LogP contribution in [0.5, 0.6) is 0 Å². The van der Waals surface area contributed by atoms with Crippen LogP contribution in [0.15, 0.2) is 117 Å². The predicted octanol–water partition coefficient (Wildman–Crippen LogP) is 23.9. The van der Waals surface area contributed by atoms with Gasteiger partial charge in [-0.2, -0.15) is 53.9 Å². The zero-order valence-electron chi connectivity index (χ0n) is 71.5. The minimum atomic E-state index is -0.759. The Kier molecular flexibility index (Phi) is 37.0. The van der Waals surface area contributed by atoms with Gasteiger partial charge in [0.1, 0.15) is 24.0 Å². The highest BCUT2D eigenvalue weighted by Gasteiger charge is 2.28. The Hall–Kier alpha value is -8.44. The first-order chi connectivity index (χ1) is 50.0. The highest BCUT2D eigenvalue weighted by Crippen LogP contribution is 2.33. The molecule has 0 amide bonds. The van der Waals surface area contributed by atoms with Crippen molar-refractivity contribution in [3.05, 3.63) is 177 Å². The molecular weight excluding hydrogens is 1470 g/mol. The number of rotatable bonds is 0. The number of allylic oxidation sites excluding steroid dienone is 4. The molecule has 0 saturated carbocycles. The number of aliphatic imine (C=N–C) groups is 3. The van der Waals surface area contributed by atoms with Gasteiger partial charge in [-0.3, -0.25) is 15.1 Å². The predicted molar refractivity (Wildman–Crippen MR) is 420 cm³/mol. The smallest absolute Gasteiger partial charge is 0.381 e. The minimum Gasteiger partial charge on any atom is -0.423 e. The van der Waals surface area contributed by atoms with Gasteiger partial charge in [-0.05, 0) is 55.2 Å². The summed E-state index contributed by atoms with van der Waals surface area (Å²) in [6.45, 7) is 66.5. The number of nitrogens with one attached hydrogen (secondary N) is 2.